The van der Waals surface area contributed by atoms with Crippen LogP contribution in [0.2, 0.25) is 0 Å². The van der Waals surface area contributed by atoms with Crippen molar-refractivity contribution in [2.45, 2.75) is 31.8 Å². The lowest BCUT2D eigenvalue weighted by atomic mass is 9.98. The van der Waals surface area contributed by atoms with Crippen LogP contribution in [0.15, 0.2) is 53.6 Å². The minimum absolute atomic E-state index is 0.0512. The Bertz CT molecular complexity index is 1020. The van der Waals surface area contributed by atoms with Crippen LogP contribution in [-0.4, -0.2) is 26.4 Å². The third-order valence-corrected chi connectivity index (χ3v) is 5.04. The van der Waals surface area contributed by atoms with Crippen molar-refractivity contribution in [2.24, 2.45) is 0 Å². The maximum atomic E-state index is 13.6. The topological polar surface area (TPSA) is 61.9 Å². The van der Waals surface area contributed by atoms with Crippen molar-refractivity contribution in [3.63, 3.8) is 0 Å². The van der Waals surface area contributed by atoms with Gasteiger partial charge >= 0.3 is 0 Å². The van der Waals surface area contributed by atoms with E-state index in [1.165, 1.54) is 12.1 Å². The SMILES string of the molecule is O=c1cc([C@H]2CCCCN2Cc2ccc(F)c(F)c2)nc(-c2ccncc2)[nH]1. The molecule has 1 aromatic carbocycles. The fourth-order valence-electron chi connectivity index (χ4n) is 3.68. The van der Waals surface area contributed by atoms with Crippen molar-refractivity contribution < 1.29 is 8.78 Å². The summed E-state index contributed by atoms with van der Waals surface area (Å²) >= 11 is 0. The van der Waals surface area contributed by atoms with Crippen molar-refractivity contribution in [1.82, 2.24) is 19.9 Å². The van der Waals surface area contributed by atoms with Gasteiger partial charge in [-0.3, -0.25) is 14.7 Å². The highest BCUT2D eigenvalue weighted by molar-refractivity contribution is 5.53. The van der Waals surface area contributed by atoms with Crippen LogP contribution in [0.3, 0.4) is 0 Å². The van der Waals surface area contributed by atoms with Crippen LogP contribution in [0, 0.1) is 11.6 Å². The number of piperidine rings is 1. The second-order valence-electron chi connectivity index (χ2n) is 6.99. The van der Waals surface area contributed by atoms with Crippen molar-refractivity contribution in [3.05, 3.63) is 82.0 Å². The molecule has 1 fully saturated rings. The average molecular weight is 382 g/mol. The maximum absolute atomic E-state index is 13.6. The van der Waals surface area contributed by atoms with Crippen molar-refractivity contribution in [3.8, 4) is 11.4 Å². The quantitative estimate of drug-likeness (QED) is 0.745. The summed E-state index contributed by atoms with van der Waals surface area (Å²) in [4.78, 5) is 25.9. The third kappa shape index (κ3) is 3.99. The van der Waals surface area contributed by atoms with Gasteiger partial charge in [0.25, 0.3) is 5.56 Å². The molecule has 1 aliphatic rings. The molecule has 1 saturated heterocycles. The summed E-state index contributed by atoms with van der Waals surface area (Å²) in [7, 11) is 0. The van der Waals surface area contributed by atoms with Crippen molar-refractivity contribution in [1.29, 1.82) is 0 Å². The summed E-state index contributed by atoms with van der Waals surface area (Å²) in [6.07, 6.45) is 6.20. The molecule has 28 heavy (non-hydrogen) atoms. The summed E-state index contributed by atoms with van der Waals surface area (Å²) in [6, 6.07) is 9.04. The van der Waals surface area contributed by atoms with Crippen LogP contribution < -0.4 is 5.56 Å². The second kappa shape index (κ2) is 7.98. The molecule has 5 nitrogen and oxygen atoms in total. The minimum atomic E-state index is -0.850. The Morgan fingerprint density at radius 2 is 1.89 bits per heavy atom. The van der Waals surface area contributed by atoms with E-state index in [-0.39, 0.29) is 11.6 Å². The summed E-state index contributed by atoms with van der Waals surface area (Å²) < 4.78 is 26.8. The molecule has 0 spiro atoms. The molecule has 2 aromatic heterocycles. The van der Waals surface area contributed by atoms with Crippen LogP contribution >= 0.6 is 0 Å². The van der Waals surface area contributed by atoms with E-state index in [0.717, 1.165) is 37.4 Å². The molecule has 1 N–H and O–H groups in total. The number of hydrogen-bond acceptors (Lipinski definition) is 4. The van der Waals surface area contributed by atoms with Gasteiger partial charge in [0, 0.05) is 30.6 Å². The van der Waals surface area contributed by atoms with E-state index in [0.29, 0.717) is 23.6 Å². The largest absolute Gasteiger partial charge is 0.307 e. The summed E-state index contributed by atoms with van der Waals surface area (Å²) in [5.74, 6) is -1.19. The standard InChI is InChI=1S/C21H20F2N4O/c22-16-5-4-14(11-17(16)23)13-27-10-2-1-3-19(27)18-12-20(28)26-21(25-18)15-6-8-24-9-7-15/h4-9,11-12,19H,1-3,10,13H2,(H,25,26,28)/t19-/m1/s1. The number of benzene rings is 1. The van der Waals surface area contributed by atoms with Gasteiger partial charge in [-0.05, 0) is 49.2 Å². The molecule has 3 heterocycles. The van der Waals surface area contributed by atoms with Crippen molar-refractivity contribution >= 4 is 0 Å². The molecule has 144 valence electrons. The number of likely N-dealkylation sites (tertiary alicyclic amines) is 1. The fourth-order valence-corrected chi connectivity index (χ4v) is 3.68. The highest BCUT2D eigenvalue weighted by atomic mass is 19.2. The first-order valence-corrected chi connectivity index (χ1v) is 9.30. The number of rotatable bonds is 4. The molecule has 0 saturated carbocycles. The Balaban J connectivity index is 1.65. The molecule has 1 aliphatic heterocycles. The minimum Gasteiger partial charge on any atom is -0.307 e. The van der Waals surface area contributed by atoms with E-state index < -0.39 is 11.6 Å². The summed E-state index contributed by atoms with van der Waals surface area (Å²) in [5, 5.41) is 0. The lowest BCUT2D eigenvalue weighted by Crippen LogP contribution is -2.34. The number of nitrogens with one attached hydrogen (secondary N) is 1. The fraction of sp³-hybridized carbons (Fsp3) is 0.286. The van der Waals surface area contributed by atoms with E-state index in [1.807, 2.05) is 0 Å². The van der Waals surface area contributed by atoms with Gasteiger partial charge in [0.1, 0.15) is 5.82 Å². The van der Waals surface area contributed by atoms with Crippen LogP contribution in [0.1, 0.15) is 36.6 Å². The molecule has 7 heteroatoms. The second-order valence-corrected chi connectivity index (χ2v) is 6.99. The summed E-state index contributed by atoms with van der Waals surface area (Å²) in [6.45, 7) is 1.28. The predicted molar refractivity (Wildman–Crippen MR) is 101 cm³/mol. The van der Waals surface area contributed by atoms with E-state index in [1.54, 1.807) is 30.6 Å². The van der Waals surface area contributed by atoms with Gasteiger partial charge in [-0.1, -0.05) is 12.5 Å². The van der Waals surface area contributed by atoms with Gasteiger partial charge in [-0.15, -0.1) is 0 Å². The molecule has 0 bridgehead atoms. The molecule has 0 aliphatic carbocycles. The van der Waals surface area contributed by atoms with Gasteiger partial charge in [0.2, 0.25) is 0 Å². The zero-order chi connectivity index (χ0) is 19.5. The van der Waals surface area contributed by atoms with Gasteiger partial charge in [0.05, 0.1) is 11.7 Å². The Labute approximate surface area is 161 Å². The number of pyridine rings is 1. The Morgan fingerprint density at radius 1 is 1.07 bits per heavy atom. The first kappa shape index (κ1) is 18.4. The highest BCUT2D eigenvalue weighted by Crippen LogP contribution is 2.31. The molecule has 1 atom stereocenters. The first-order valence-electron chi connectivity index (χ1n) is 9.30. The summed E-state index contributed by atoms with van der Waals surface area (Å²) in [5.41, 5.74) is 1.97. The molecule has 4 rings (SSSR count). The molecular formula is C21H20F2N4O. The van der Waals surface area contributed by atoms with Gasteiger partial charge in [-0.25, -0.2) is 13.8 Å². The Morgan fingerprint density at radius 3 is 2.68 bits per heavy atom. The third-order valence-electron chi connectivity index (χ3n) is 5.04. The smallest absolute Gasteiger partial charge is 0.251 e. The van der Waals surface area contributed by atoms with Crippen LogP contribution in [0.25, 0.3) is 11.4 Å². The number of H-pyrrole nitrogens is 1. The van der Waals surface area contributed by atoms with E-state index in [4.69, 9.17) is 4.98 Å². The molecule has 0 unspecified atom stereocenters. The molecular weight excluding hydrogens is 362 g/mol. The van der Waals surface area contributed by atoms with E-state index in [2.05, 4.69) is 14.9 Å². The van der Waals surface area contributed by atoms with Crippen molar-refractivity contribution in [2.75, 3.05) is 6.54 Å². The zero-order valence-corrected chi connectivity index (χ0v) is 15.2. The average Bonchev–Trinajstić information content (AvgIpc) is 2.71. The maximum Gasteiger partial charge on any atom is 0.251 e. The molecule has 0 amide bonds. The number of aromatic nitrogens is 3. The predicted octanol–water partition coefficient (Wildman–Crippen LogP) is 3.84. The zero-order valence-electron chi connectivity index (χ0n) is 15.2. The first-order chi connectivity index (χ1) is 13.6. The lowest BCUT2D eigenvalue weighted by Gasteiger charge is -2.35. The number of halogens is 2. The highest BCUT2D eigenvalue weighted by Gasteiger charge is 2.26. The van der Waals surface area contributed by atoms with Crippen LogP contribution in [0.4, 0.5) is 8.78 Å². The normalized spacial score (nSPS) is 17.6. The van der Waals surface area contributed by atoms with Gasteiger partial charge < -0.3 is 4.98 Å². The monoisotopic (exact) mass is 382 g/mol. The Hall–Kier alpha value is -2.93. The number of aromatic amines is 1. The van der Waals surface area contributed by atoms with E-state index >= 15 is 0 Å². The lowest BCUT2D eigenvalue weighted by molar-refractivity contribution is 0.137. The number of nitrogens with zero attached hydrogens (tertiary/aromatic N) is 3. The van der Waals surface area contributed by atoms with Gasteiger partial charge in [-0.2, -0.15) is 0 Å². The molecule has 0 radical (unpaired) electrons. The van der Waals surface area contributed by atoms with Crippen LogP contribution in [0.5, 0.6) is 0 Å². The number of hydrogen-bond donors (Lipinski definition) is 1. The van der Waals surface area contributed by atoms with Gasteiger partial charge in [0.15, 0.2) is 11.6 Å². The van der Waals surface area contributed by atoms with E-state index in [9.17, 15) is 13.6 Å². The molecule has 3 aromatic rings. The van der Waals surface area contributed by atoms with Crippen LogP contribution in [-0.2, 0) is 6.54 Å². The Kier molecular flexibility index (Phi) is 5.25.